The largest absolute Gasteiger partial charge is 0.343 e. The van der Waals surface area contributed by atoms with Crippen molar-refractivity contribution >= 4 is 16.8 Å². The second-order valence-corrected chi connectivity index (χ2v) is 10.5. The van der Waals surface area contributed by atoms with Crippen molar-refractivity contribution in [1.29, 1.82) is 0 Å². The third-order valence-electron chi connectivity index (χ3n) is 7.94. The van der Waals surface area contributed by atoms with Crippen molar-refractivity contribution in [1.82, 2.24) is 24.3 Å². The van der Waals surface area contributed by atoms with Crippen LogP contribution in [0, 0.1) is 5.92 Å². The van der Waals surface area contributed by atoms with E-state index in [1.165, 1.54) is 22.0 Å². The van der Waals surface area contributed by atoms with Gasteiger partial charge in [0.1, 0.15) is 0 Å². The summed E-state index contributed by atoms with van der Waals surface area (Å²) in [5, 5.41) is 4.63. The third kappa shape index (κ3) is 4.83. The summed E-state index contributed by atoms with van der Waals surface area (Å²) in [5.74, 6) is 0.0786. The van der Waals surface area contributed by atoms with Crippen LogP contribution in [0.15, 0.2) is 78.1 Å². The SMILES string of the molecule is Cn1ccc(C2CCNCC2C(=O)N(Cc2cn(Cc3ccncc3)c3ccccc23)C2CC2)cc1=O. The summed E-state index contributed by atoms with van der Waals surface area (Å²) in [6.07, 6.45) is 10.6. The van der Waals surface area contributed by atoms with Crippen LogP contribution in [0.2, 0.25) is 0 Å². The first-order valence-electron chi connectivity index (χ1n) is 13.2. The Hall–Kier alpha value is -3.71. The topological polar surface area (TPSA) is 72.2 Å². The smallest absolute Gasteiger partial charge is 0.250 e. The molecular weight excluding hydrogens is 462 g/mol. The van der Waals surface area contributed by atoms with Crippen LogP contribution in [0.4, 0.5) is 0 Å². The van der Waals surface area contributed by atoms with Gasteiger partial charge in [0.25, 0.3) is 5.56 Å². The van der Waals surface area contributed by atoms with Gasteiger partial charge in [-0.1, -0.05) is 18.2 Å². The number of aromatic nitrogens is 3. The second kappa shape index (κ2) is 9.98. The molecule has 0 radical (unpaired) electrons. The van der Waals surface area contributed by atoms with E-state index in [1.54, 1.807) is 17.7 Å². The average Bonchev–Trinajstić information content (AvgIpc) is 3.72. The van der Waals surface area contributed by atoms with Crippen molar-refractivity contribution in [2.75, 3.05) is 13.1 Å². The van der Waals surface area contributed by atoms with Gasteiger partial charge < -0.3 is 19.4 Å². The van der Waals surface area contributed by atoms with Crippen LogP contribution >= 0.6 is 0 Å². The van der Waals surface area contributed by atoms with Gasteiger partial charge in [0.2, 0.25) is 5.91 Å². The molecular formula is C30H33N5O2. The lowest BCUT2D eigenvalue weighted by atomic mass is 9.80. The molecule has 2 fully saturated rings. The molecule has 1 saturated carbocycles. The van der Waals surface area contributed by atoms with Crippen LogP contribution in [-0.2, 0) is 24.9 Å². The molecule has 7 heteroatoms. The average molecular weight is 496 g/mol. The van der Waals surface area contributed by atoms with E-state index >= 15 is 0 Å². The molecule has 0 bridgehead atoms. The van der Waals surface area contributed by atoms with Crippen molar-refractivity contribution in [2.24, 2.45) is 13.0 Å². The molecule has 1 saturated heterocycles. The molecule has 1 aliphatic heterocycles. The number of hydrogen-bond donors (Lipinski definition) is 1. The maximum absolute atomic E-state index is 14.1. The summed E-state index contributed by atoms with van der Waals surface area (Å²) in [4.78, 5) is 32.8. The maximum Gasteiger partial charge on any atom is 0.250 e. The van der Waals surface area contributed by atoms with Crippen molar-refractivity contribution in [3.63, 3.8) is 0 Å². The molecule has 37 heavy (non-hydrogen) atoms. The molecule has 2 aliphatic rings. The van der Waals surface area contributed by atoms with E-state index in [2.05, 4.69) is 50.2 Å². The predicted molar refractivity (Wildman–Crippen MR) is 144 cm³/mol. The number of fused-ring (bicyclic) bond motifs is 1. The Morgan fingerprint density at radius 2 is 1.92 bits per heavy atom. The summed E-state index contributed by atoms with van der Waals surface area (Å²) in [6, 6.07) is 16.6. The van der Waals surface area contributed by atoms with Gasteiger partial charge in [-0.2, -0.15) is 0 Å². The van der Waals surface area contributed by atoms with Gasteiger partial charge >= 0.3 is 0 Å². The Balaban J connectivity index is 1.30. The van der Waals surface area contributed by atoms with Crippen LogP contribution in [-0.4, -0.2) is 44.1 Å². The Morgan fingerprint density at radius 3 is 2.70 bits per heavy atom. The molecule has 1 N–H and O–H groups in total. The van der Waals surface area contributed by atoms with E-state index in [-0.39, 0.29) is 23.3 Å². The molecule has 1 amide bonds. The van der Waals surface area contributed by atoms with Crippen LogP contribution in [0.1, 0.15) is 41.9 Å². The minimum absolute atomic E-state index is 0.0247. The molecule has 4 heterocycles. The van der Waals surface area contributed by atoms with Crippen LogP contribution < -0.4 is 10.9 Å². The molecule has 3 aromatic heterocycles. The Labute approximate surface area is 216 Å². The lowest BCUT2D eigenvalue weighted by molar-refractivity contribution is -0.138. The minimum Gasteiger partial charge on any atom is -0.343 e. The molecule has 6 rings (SSSR count). The van der Waals surface area contributed by atoms with E-state index in [4.69, 9.17) is 0 Å². The van der Waals surface area contributed by atoms with Gasteiger partial charge in [0.15, 0.2) is 0 Å². The van der Waals surface area contributed by atoms with Crippen molar-refractivity contribution < 1.29 is 4.79 Å². The standard InChI is InChI=1S/C30H33N5O2/c1-33-15-11-22(16-29(33)36)25-10-14-32-17-27(25)30(37)35(24-6-7-24)20-23-19-34(18-21-8-12-31-13-9-21)28-5-3-2-4-26(23)28/h2-5,8-9,11-13,15-16,19,24-25,27,32H,6-7,10,14,17-18,20H2,1H3. The Morgan fingerprint density at radius 1 is 1.11 bits per heavy atom. The van der Waals surface area contributed by atoms with E-state index < -0.39 is 0 Å². The fraction of sp³-hybridized carbons (Fsp3) is 0.367. The highest BCUT2D eigenvalue weighted by Gasteiger charge is 2.40. The number of carbonyl (C=O) groups excluding carboxylic acids is 1. The van der Waals surface area contributed by atoms with E-state index in [1.807, 2.05) is 36.8 Å². The number of benzene rings is 1. The molecule has 2 atom stereocenters. The van der Waals surface area contributed by atoms with E-state index in [0.29, 0.717) is 19.1 Å². The number of nitrogens with one attached hydrogen (secondary N) is 1. The zero-order valence-electron chi connectivity index (χ0n) is 21.2. The monoisotopic (exact) mass is 495 g/mol. The summed E-state index contributed by atoms with van der Waals surface area (Å²) in [7, 11) is 1.76. The van der Waals surface area contributed by atoms with Gasteiger partial charge in [0.05, 0.1) is 5.92 Å². The zero-order valence-corrected chi connectivity index (χ0v) is 21.2. The fourth-order valence-corrected chi connectivity index (χ4v) is 5.75. The molecule has 1 aromatic carbocycles. The number of rotatable bonds is 7. The fourth-order valence-electron chi connectivity index (χ4n) is 5.75. The highest BCUT2D eigenvalue weighted by molar-refractivity contribution is 5.86. The van der Waals surface area contributed by atoms with Crippen molar-refractivity contribution in [2.45, 2.75) is 44.3 Å². The molecule has 190 valence electrons. The van der Waals surface area contributed by atoms with Gasteiger partial charge in [-0.15, -0.1) is 0 Å². The van der Waals surface area contributed by atoms with Crippen molar-refractivity contribution in [3.05, 3.63) is 100 Å². The summed E-state index contributed by atoms with van der Waals surface area (Å²) < 4.78 is 3.86. The first kappa shape index (κ1) is 23.7. The normalized spacial score (nSPS) is 19.7. The Bertz CT molecular complexity index is 1470. The van der Waals surface area contributed by atoms with E-state index in [9.17, 15) is 9.59 Å². The quantitative estimate of drug-likeness (QED) is 0.425. The van der Waals surface area contributed by atoms with Gasteiger partial charge in [-0.05, 0) is 72.7 Å². The first-order chi connectivity index (χ1) is 18.1. The predicted octanol–water partition coefficient (Wildman–Crippen LogP) is 3.67. The molecule has 2 unspecified atom stereocenters. The third-order valence-corrected chi connectivity index (χ3v) is 7.94. The number of amides is 1. The zero-order chi connectivity index (χ0) is 25.4. The molecule has 1 aliphatic carbocycles. The highest BCUT2D eigenvalue weighted by atomic mass is 16.2. The van der Waals surface area contributed by atoms with Crippen LogP contribution in [0.25, 0.3) is 10.9 Å². The van der Waals surface area contributed by atoms with Gasteiger partial charge in [-0.3, -0.25) is 14.6 Å². The number of hydrogen-bond acceptors (Lipinski definition) is 4. The van der Waals surface area contributed by atoms with Crippen LogP contribution in [0.5, 0.6) is 0 Å². The van der Waals surface area contributed by atoms with Crippen molar-refractivity contribution in [3.8, 4) is 0 Å². The maximum atomic E-state index is 14.1. The number of aryl methyl sites for hydroxylation is 1. The lowest BCUT2D eigenvalue weighted by Gasteiger charge is -2.35. The molecule has 4 aromatic rings. The second-order valence-electron chi connectivity index (χ2n) is 10.5. The van der Waals surface area contributed by atoms with Crippen LogP contribution in [0.3, 0.4) is 0 Å². The summed E-state index contributed by atoms with van der Waals surface area (Å²) in [5.41, 5.74) is 4.51. The number of nitrogens with zero attached hydrogens (tertiary/aromatic N) is 4. The lowest BCUT2D eigenvalue weighted by Crippen LogP contribution is -2.47. The summed E-state index contributed by atoms with van der Waals surface area (Å²) in [6.45, 7) is 2.87. The first-order valence-corrected chi connectivity index (χ1v) is 13.2. The molecule has 7 nitrogen and oxygen atoms in total. The molecule has 0 spiro atoms. The highest BCUT2D eigenvalue weighted by Crippen LogP contribution is 2.36. The summed E-state index contributed by atoms with van der Waals surface area (Å²) >= 11 is 0. The Kier molecular flexibility index (Phi) is 6.38. The minimum atomic E-state index is -0.174. The number of piperidine rings is 1. The number of pyridine rings is 2. The van der Waals surface area contributed by atoms with Gasteiger partial charge in [0, 0.05) is 74.5 Å². The number of para-hydroxylation sites is 1. The van der Waals surface area contributed by atoms with Gasteiger partial charge in [-0.25, -0.2) is 0 Å². The number of carbonyl (C=O) groups is 1. The van der Waals surface area contributed by atoms with E-state index in [0.717, 1.165) is 37.9 Å².